The fourth-order valence-corrected chi connectivity index (χ4v) is 2.69. The largest absolute Gasteiger partial charge is 0.504 e. The summed E-state index contributed by atoms with van der Waals surface area (Å²) in [6.45, 7) is 3.99. The Hall–Kier alpha value is -1.85. The van der Waals surface area contributed by atoms with Gasteiger partial charge in [-0.1, -0.05) is 39.5 Å². The van der Waals surface area contributed by atoms with Crippen molar-refractivity contribution in [2.75, 3.05) is 0 Å². The molecule has 130 valence electrons. The second kappa shape index (κ2) is 9.33. The molecular weight excluding hydrogens is 306 g/mol. The lowest BCUT2D eigenvalue weighted by molar-refractivity contribution is -0.0791. The molecule has 0 atom stereocenters. The van der Waals surface area contributed by atoms with Crippen molar-refractivity contribution < 1.29 is 28.9 Å². The van der Waals surface area contributed by atoms with E-state index in [9.17, 15) is 23.9 Å². The van der Waals surface area contributed by atoms with Crippen molar-refractivity contribution in [1.82, 2.24) is 0 Å². The number of aromatic hydroxyl groups is 2. The Morgan fingerprint density at radius 2 is 1.48 bits per heavy atom. The van der Waals surface area contributed by atoms with Crippen molar-refractivity contribution in [3.05, 3.63) is 22.5 Å². The molecule has 23 heavy (non-hydrogen) atoms. The lowest BCUT2D eigenvalue weighted by atomic mass is 9.91. The second-order valence-corrected chi connectivity index (χ2v) is 5.62. The standard InChI is InChI=1S/C17H24F2O4/c1-3-5-7-9-11-12(10-8-6-4-2)14(18)16(21)15(20)13(11)17(22)23-19/h20-21H,3-10H2,1-2H3. The molecule has 6 heteroatoms. The van der Waals surface area contributed by atoms with Gasteiger partial charge in [0.05, 0.1) is 0 Å². The molecule has 0 aliphatic rings. The molecule has 0 saturated heterocycles. The highest BCUT2D eigenvalue weighted by Crippen LogP contribution is 2.39. The van der Waals surface area contributed by atoms with Gasteiger partial charge in [-0.3, -0.25) is 0 Å². The monoisotopic (exact) mass is 330 g/mol. The van der Waals surface area contributed by atoms with Crippen LogP contribution in [0.2, 0.25) is 0 Å². The van der Waals surface area contributed by atoms with E-state index in [1.54, 1.807) is 0 Å². The molecule has 0 aliphatic heterocycles. The first-order valence-corrected chi connectivity index (χ1v) is 8.07. The molecule has 0 aromatic heterocycles. The van der Waals surface area contributed by atoms with Gasteiger partial charge in [0.1, 0.15) is 5.56 Å². The third kappa shape index (κ3) is 4.56. The lowest BCUT2D eigenvalue weighted by Crippen LogP contribution is -2.11. The van der Waals surface area contributed by atoms with E-state index in [1.807, 2.05) is 13.8 Å². The number of hydrogen-bond acceptors (Lipinski definition) is 4. The van der Waals surface area contributed by atoms with E-state index in [0.29, 0.717) is 25.7 Å². The van der Waals surface area contributed by atoms with Crippen molar-refractivity contribution >= 4 is 5.97 Å². The van der Waals surface area contributed by atoms with Crippen LogP contribution in [-0.4, -0.2) is 16.2 Å². The van der Waals surface area contributed by atoms with E-state index >= 15 is 0 Å². The van der Waals surface area contributed by atoms with Crippen LogP contribution in [0.25, 0.3) is 0 Å². The van der Waals surface area contributed by atoms with Gasteiger partial charge in [0, 0.05) is 4.53 Å². The Kier molecular flexibility index (Phi) is 7.78. The number of benzene rings is 1. The van der Waals surface area contributed by atoms with Gasteiger partial charge in [0.25, 0.3) is 0 Å². The number of halogens is 2. The summed E-state index contributed by atoms with van der Waals surface area (Å²) in [5.41, 5.74) is -0.0933. The van der Waals surface area contributed by atoms with Gasteiger partial charge in [0.2, 0.25) is 0 Å². The van der Waals surface area contributed by atoms with Crippen molar-refractivity contribution in [3.8, 4) is 11.5 Å². The molecule has 1 aromatic rings. The fraction of sp³-hybridized carbons (Fsp3) is 0.588. The molecule has 0 fully saturated rings. The molecule has 1 rings (SSSR count). The minimum absolute atomic E-state index is 0.158. The number of carbonyl (C=O) groups is 1. The van der Waals surface area contributed by atoms with E-state index in [-0.39, 0.29) is 11.1 Å². The van der Waals surface area contributed by atoms with Crippen LogP contribution in [0.1, 0.15) is 73.9 Å². The summed E-state index contributed by atoms with van der Waals surface area (Å²) in [5.74, 6) is -4.35. The highest BCUT2D eigenvalue weighted by Gasteiger charge is 2.28. The number of rotatable bonds is 9. The minimum atomic E-state index is -1.42. The average Bonchev–Trinajstić information content (AvgIpc) is 2.55. The SMILES string of the molecule is CCCCCc1c(F)c(O)c(O)c(C(=O)OF)c1CCCCC. The lowest BCUT2D eigenvalue weighted by Gasteiger charge is -2.17. The molecule has 0 bridgehead atoms. The van der Waals surface area contributed by atoms with Gasteiger partial charge < -0.3 is 10.2 Å². The number of phenolic OH excluding ortho intramolecular Hbond substituents is 2. The van der Waals surface area contributed by atoms with Crippen LogP contribution in [-0.2, 0) is 17.8 Å². The molecule has 0 heterocycles. The maximum atomic E-state index is 14.4. The third-order valence-corrected chi connectivity index (χ3v) is 3.93. The summed E-state index contributed by atoms with van der Waals surface area (Å²) in [4.78, 5) is 14.8. The topological polar surface area (TPSA) is 66.8 Å². The van der Waals surface area contributed by atoms with Crippen LogP contribution >= 0.6 is 0 Å². The Balaban J connectivity index is 3.37. The normalized spacial score (nSPS) is 10.8. The van der Waals surface area contributed by atoms with Gasteiger partial charge in [-0.25, -0.2) is 14.1 Å². The zero-order valence-electron chi connectivity index (χ0n) is 13.6. The van der Waals surface area contributed by atoms with Gasteiger partial charge in [-0.15, -0.1) is 0 Å². The summed E-state index contributed by atoms with van der Waals surface area (Å²) in [7, 11) is 0. The maximum absolute atomic E-state index is 14.4. The summed E-state index contributed by atoms with van der Waals surface area (Å²) in [5, 5.41) is 19.6. The molecule has 4 nitrogen and oxygen atoms in total. The summed E-state index contributed by atoms with van der Waals surface area (Å²) < 4.78 is 26.7. The van der Waals surface area contributed by atoms with Crippen LogP contribution in [0.3, 0.4) is 0 Å². The molecule has 0 spiro atoms. The van der Waals surface area contributed by atoms with Gasteiger partial charge in [-0.2, -0.15) is 0 Å². The second-order valence-electron chi connectivity index (χ2n) is 5.62. The molecular formula is C17H24F2O4. The van der Waals surface area contributed by atoms with E-state index < -0.39 is 28.8 Å². The van der Waals surface area contributed by atoms with E-state index in [4.69, 9.17) is 0 Å². The predicted molar refractivity (Wildman–Crippen MR) is 82.7 cm³/mol. The number of phenols is 2. The van der Waals surface area contributed by atoms with Crippen molar-refractivity contribution in [1.29, 1.82) is 0 Å². The maximum Gasteiger partial charge on any atom is 0.383 e. The van der Waals surface area contributed by atoms with Crippen molar-refractivity contribution in [2.45, 2.75) is 65.2 Å². The Morgan fingerprint density at radius 1 is 0.957 bits per heavy atom. The molecule has 0 radical (unpaired) electrons. The van der Waals surface area contributed by atoms with Crippen LogP contribution in [0.5, 0.6) is 11.5 Å². The number of carbonyl (C=O) groups excluding carboxylic acids is 1. The molecule has 0 unspecified atom stereocenters. The zero-order valence-corrected chi connectivity index (χ0v) is 13.6. The van der Waals surface area contributed by atoms with Gasteiger partial charge in [0.15, 0.2) is 17.3 Å². The van der Waals surface area contributed by atoms with Crippen LogP contribution in [0, 0.1) is 5.82 Å². The summed E-state index contributed by atoms with van der Waals surface area (Å²) in [6.07, 6.45) is 5.50. The van der Waals surface area contributed by atoms with Crippen molar-refractivity contribution in [3.63, 3.8) is 0 Å². The van der Waals surface area contributed by atoms with Gasteiger partial charge in [-0.05, 0) is 36.8 Å². The van der Waals surface area contributed by atoms with Crippen LogP contribution < -0.4 is 0 Å². The molecule has 0 saturated carbocycles. The molecule has 0 aliphatic carbocycles. The van der Waals surface area contributed by atoms with Crippen LogP contribution in [0.15, 0.2) is 0 Å². The molecule has 2 N–H and O–H groups in total. The smallest absolute Gasteiger partial charge is 0.383 e. The number of unbranched alkanes of at least 4 members (excludes halogenated alkanes) is 4. The van der Waals surface area contributed by atoms with Crippen molar-refractivity contribution in [2.24, 2.45) is 0 Å². The quantitative estimate of drug-likeness (QED) is 0.507. The first kappa shape index (κ1) is 19.2. The van der Waals surface area contributed by atoms with E-state index in [0.717, 1.165) is 25.7 Å². The van der Waals surface area contributed by atoms with E-state index in [2.05, 4.69) is 4.94 Å². The zero-order chi connectivity index (χ0) is 17.4. The fourth-order valence-electron chi connectivity index (χ4n) is 2.69. The third-order valence-electron chi connectivity index (χ3n) is 3.93. The predicted octanol–water partition coefficient (Wildman–Crippen LogP) is 4.74. The number of hydrogen-bond donors (Lipinski definition) is 2. The van der Waals surface area contributed by atoms with E-state index in [1.165, 1.54) is 0 Å². The molecule has 0 amide bonds. The molecule has 1 aromatic carbocycles. The Bertz CT molecular complexity index is 544. The highest BCUT2D eigenvalue weighted by atomic mass is 19.3. The Morgan fingerprint density at radius 3 is 1.96 bits per heavy atom. The first-order valence-electron chi connectivity index (χ1n) is 8.07. The minimum Gasteiger partial charge on any atom is -0.504 e. The first-order chi connectivity index (χ1) is 11.0. The highest BCUT2D eigenvalue weighted by molar-refractivity contribution is 5.95. The summed E-state index contributed by atoms with van der Waals surface area (Å²) in [6, 6.07) is 0. The van der Waals surface area contributed by atoms with Gasteiger partial charge >= 0.3 is 5.97 Å². The van der Waals surface area contributed by atoms with Crippen LogP contribution in [0.4, 0.5) is 8.92 Å². The summed E-state index contributed by atoms with van der Waals surface area (Å²) >= 11 is 0. The Labute approximate surface area is 135 Å². The average molecular weight is 330 g/mol.